The Bertz CT molecular complexity index is 1720. The van der Waals surface area contributed by atoms with Gasteiger partial charge in [0.25, 0.3) is 5.69 Å². The van der Waals surface area contributed by atoms with Gasteiger partial charge in [0.05, 0.1) is 20.5 Å². The quantitative estimate of drug-likeness (QED) is 0.195. The lowest BCUT2D eigenvalue weighted by molar-refractivity contribution is -0.384. The third-order valence-electron chi connectivity index (χ3n) is 5.68. The van der Waals surface area contributed by atoms with E-state index in [0.717, 1.165) is 43.1 Å². The second-order valence-corrected chi connectivity index (χ2v) is 9.94. The van der Waals surface area contributed by atoms with E-state index in [-0.39, 0.29) is 10.6 Å². The molecule has 0 aliphatic carbocycles. The van der Waals surface area contributed by atoms with Crippen LogP contribution >= 0.6 is 22.7 Å². The number of non-ortho nitro benzene ring substituents is 1. The Labute approximate surface area is 207 Å². The van der Waals surface area contributed by atoms with Gasteiger partial charge in [0.15, 0.2) is 0 Å². The first-order chi connectivity index (χ1) is 17.0. The van der Waals surface area contributed by atoms with Gasteiger partial charge in [-0.15, -0.1) is 22.7 Å². The van der Waals surface area contributed by atoms with E-state index in [9.17, 15) is 10.1 Å². The second-order valence-electron chi connectivity index (χ2n) is 8.05. The summed E-state index contributed by atoms with van der Waals surface area (Å²) in [6.07, 6.45) is 1.52. The highest BCUT2D eigenvalue weighted by Crippen LogP contribution is 2.38. The van der Waals surface area contributed by atoms with Crippen LogP contribution in [0.25, 0.3) is 42.1 Å². The molecule has 0 atom stereocenters. The zero-order valence-electron chi connectivity index (χ0n) is 18.4. The topological polar surface area (TPSA) is 93.8 Å². The number of hydrogen-bond donors (Lipinski definition) is 1. The third-order valence-corrected chi connectivity index (χ3v) is 7.63. The lowest BCUT2D eigenvalue weighted by atomic mass is 10.1. The van der Waals surface area contributed by atoms with Gasteiger partial charge in [-0.3, -0.25) is 10.1 Å². The molecule has 7 nitrogen and oxygen atoms in total. The minimum atomic E-state index is -0.387. The van der Waals surface area contributed by atoms with Crippen molar-refractivity contribution in [2.45, 2.75) is 6.92 Å². The first kappa shape index (κ1) is 21.3. The molecule has 3 aromatic carbocycles. The highest BCUT2D eigenvalue weighted by Gasteiger charge is 2.16. The van der Waals surface area contributed by atoms with E-state index < -0.39 is 0 Å². The first-order valence-corrected chi connectivity index (χ1v) is 12.5. The van der Waals surface area contributed by atoms with Crippen molar-refractivity contribution < 1.29 is 4.92 Å². The summed E-state index contributed by atoms with van der Waals surface area (Å²) in [4.78, 5) is 25.3. The van der Waals surface area contributed by atoms with Crippen molar-refractivity contribution in [3.05, 3.63) is 94.1 Å². The lowest BCUT2D eigenvalue weighted by Crippen LogP contribution is -1.95. The van der Waals surface area contributed by atoms with Crippen molar-refractivity contribution in [1.29, 1.82) is 0 Å². The minimum Gasteiger partial charge on any atom is -0.340 e. The maximum Gasteiger partial charge on any atom is 0.270 e. The van der Waals surface area contributed by atoms with Gasteiger partial charge in [0.1, 0.15) is 22.0 Å². The molecular formula is C26H17N5O2S2. The fourth-order valence-electron chi connectivity index (χ4n) is 3.96. The average molecular weight is 496 g/mol. The van der Waals surface area contributed by atoms with Gasteiger partial charge in [-0.1, -0.05) is 18.2 Å². The number of aryl methyl sites for hydroxylation is 1. The van der Waals surface area contributed by atoms with Gasteiger partial charge in [0.2, 0.25) is 0 Å². The van der Waals surface area contributed by atoms with Gasteiger partial charge in [-0.05, 0) is 54.4 Å². The van der Waals surface area contributed by atoms with Crippen molar-refractivity contribution in [2.24, 2.45) is 0 Å². The van der Waals surface area contributed by atoms with Gasteiger partial charge in [0, 0.05) is 34.3 Å². The SMILES string of the molecule is Cc1ccc2nc(-c3ccc(Nc4ncnc5scc(-c6cccc([N+](=O)[O-])c6)c45)cc3)sc2c1. The molecule has 0 aliphatic heterocycles. The number of nitrogens with zero attached hydrogens (tertiary/aromatic N) is 4. The van der Waals surface area contributed by atoms with Gasteiger partial charge in [-0.25, -0.2) is 15.0 Å². The molecule has 0 bridgehead atoms. The van der Waals surface area contributed by atoms with E-state index in [1.165, 1.54) is 34.0 Å². The molecule has 6 rings (SSSR count). The molecule has 0 spiro atoms. The minimum absolute atomic E-state index is 0.0498. The van der Waals surface area contributed by atoms with Crippen LogP contribution in [0, 0.1) is 17.0 Å². The predicted molar refractivity (Wildman–Crippen MR) is 143 cm³/mol. The summed E-state index contributed by atoms with van der Waals surface area (Å²) in [5.74, 6) is 0.654. The number of nitro benzene ring substituents is 1. The molecule has 0 saturated heterocycles. The highest BCUT2D eigenvalue weighted by molar-refractivity contribution is 7.21. The fraction of sp³-hybridized carbons (Fsp3) is 0.0385. The van der Waals surface area contributed by atoms with Gasteiger partial charge >= 0.3 is 0 Å². The highest BCUT2D eigenvalue weighted by atomic mass is 32.1. The summed E-state index contributed by atoms with van der Waals surface area (Å²) in [6.45, 7) is 2.08. The summed E-state index contributed by atoms with van der Waals surface area (Å²) in [6, 6.07) is 21.0. The van der Waals surface area contributed by atoms with Crippen LogP contribution in [0.5, 0.6) is 0 Å². The zero-order chi connectivity index (χ0) is 23.9. The molecule has 3 heterocycles. The lowest BCUT2D eigenvalue weighted by Gasteiger charge is -2.09. The van der Waals surface area contributed by atoms with Crippen LogP contribution in [0.2, 0.25) is 0 Å². The van der Waals surface area contributed by atoms with Crippen LogP contribution in [-0.2, 0) is 0 Å². The van der Waals surface area contributed by atoms with Crippen LogP contribution in [0.3, 0.4) is 0 Å². The van der Waals surface area contributed by atoms with E-state index in [0.29, 0.717) is 5.82 Å². The molecular weight excluding hydrogens is 478 g/mol. The molecule has 0 unspecified atom stereocenters. The number of hydrogen-bond acceptors (Lipinski definition) is 8. The molecule has 0 amide bonds. The standard InChI is InChI=1S/C26H17N5O2S2/c1-15-5-10-21-22(11-15)35-25(30-21)16-6-8-18(9-7-16)29-24-23-20(13-34-26(23)28-14-27-24)17-3-2-4-19(12-17)31(32)33/h2-14H,1H3,(H,27,28,29). The number of rotatable bonds is 5. The van der Waals surface area contributed by atoms with Crippen LogP contribution in [0.1, 0.15) is 5.56 Å². The predicted octanol–water partition coefficient (Wildman–Crippen LogP) is 7.60. The third kappa shape index (κ3) is 4.01. The van der Waals surface area contributed by atoms with Crippen LogP contribution in [-0.4, -0.2) is 19.9 Å². The molecule has 6 aromatic rings. The number of aromatic nitrogens is 3. The number of benzene rings is 3. The Balaban J connectivity index is 1.34. The molecule has 9 heteroatoms. The Morgan fingerprint density at radius 3 is 2.66 bits per heavy atom. The van der Waals surface area contributed by atoms with Crippen molar-refractivity contribution in [3.63, 3.8) is 0 Å². The van der Waals surface area contributed by atoms with E-state index >= 15 is 0 Å². The van der Waals surface area contributed by atoms with E-state index in [1.807, 2.05) is 35.7 Å². The first-order valence-electron chi connectivity index (χ1n) is 10.8. The summed E-state index contributed by atoms with van der Waals surface area (Å²) in [7, 11) is 0. The summed E-state index contributed by atoms with van der Waals surface area (Å²) < 4.78 is 1.18. The Morgan fingerprint density at radius 1 is 0.971 bits per heavy atom. The number of thiophene rings is 1. The fourth-order valence-corrected chi connectivity index (χ4v) is 5.94. The molecule has 3 aromatic heterocycles. The molecule has 1 N–H and O–H groups in total. The van der Waals surface area contributed by atoms with Crippen LogP contribution in [0.15, 0.2) is 78.4 Å². The molecule has 35 heavy (non-hydrogen) atoms. The number of anilines is 2. The molecule has 0 saturated carbocycles. The smallest absolute Gasteiger partial charge is 0.270 e. The van der Waals surface area contributed by atoms with Crippen LogP contribution < -0.4 is 5.32 Å². The summed E-state index contributed by atoms with van der Waals surface area (Å²) in [5, 5.41) is 18.4. The largest absolute Gasteiger partial charge is 0.340 e. The molecule has 0 fully saturated rings. The maximum absolute atomic E-state index is 11.3. The average Bonchev–Trinajstić information content (AvgIpc) is 3.49. The normalized spacial score (nSPS) is 11.2. The Kier molecular flexibility index (Phi) is 5.20. The van der Waals surface area contributed by atoms with Gasteiger partial charge in [-0.2, -0.15) is 0 Å². The number of nitro groups is 1. The van der Waals surface area contributed by atoms with Crippen LogP contribution in [0.4, 0.5) is 17.2 Å². The second kappa shape index (κ2) is 8.53. The number of fused-ring (bicyclic) bond motifs is 2. The van der Waals surface area contributed by atoms with Crippen molar-refractivity contribution in [1.82, 2.24) is 15.0 Å². The molecule has 0 aliphatic rings. The van der Waals surface area contributed by atoms with E-state index in [1.54, 1.807) is 23.5 Å². The molecule has 170 valence electrons. The zero-order valence-corrected chi connectivity index (χ0v) is 20.1. The maximum atomic E-state index is 11.3. The number of nitrogens with one attached hydrogen (secondary N) is 1. The monoisotopic (exact) mass is 495 g/mol. The van der Waals surface area contributed by atoms with Crippen molar-refractivity contribution in [2.75, 3.05) is 5.32 Å². The summed E-state index contributed by atoms with van der Waals surface area (Å²) >= 11 is 3.16. The van der Waals surface area contributed by atoms with E-state index in [2.05, 4.69) is 40.4 Å². The Morgan fingerprint density at radius 2 is 1.83 bits per heavy atom. The van der Waals surface area contributed by atoms with Crippen molar-refractivity contribution >= 4 is 60.3 Å². The summed E-state index contributed by atoms with van der Waals surface area (Å²) in [5.41, 5.74) is 5.82. The number of thiazole rings is 1. The van der Waals surface area contributed by atoms with E-state index in [4.69, 9.17) is 4.98 Å². The molecule has 0 radical (unpaired) electrons. The van der Waals surface area contributed by atoms with Crippen molar-refractivity contribution in [3.8, 4) is 21.7 Å². The Hall–Kier alpha value is -4.21. The van der Waals surface area contributed by atoms with Gasteiger partial charge < -0.3 is 5.32 Å².